The molecule has 25 heavy (non-hydrogen) atoms. The third-order valence-electron chi connectivity index (χ3n) is 5.09. The minimum absolute atomic E-state index is 0.125. The summed E-state index contributed by atoms with van der Waals surface area (Å²) < 4.78 is 13.7. The zero-order chi connectivity index (χ0) is 17.8. The molecule has 2 saturated heterocycles. The zero-order valence-electron chi connectivity index (χ0n) is 14.7. The maximum absolute atomic E-state index is 13.7. The molecule has 2 heterocycles. The Morgan fingerprint density at radius 1 is 1.32 bits per heavy atom. The van der Waals surface area contributed by atoms with E-state index in [0.29, 0.717) is 31.5 Å². The van der Waals surface area contributed by atoms with E-state index in [-0.39, 0.29) is 29.8 Å². The Balaban J connectivity index is 1.53. The van der Waals surface area contributed by atoms with Gasteiger partial charge in [0.1, 0.15) is 5.82 Å². The van der Waals surface area contributed by atoms with Crippen molar-refractivity contribution in [1.29, 1.82) is 0 Å². The third kappa shape index (κ3) is 4.30. The van der Waals surface area contributed by atoms with Crippen LogP contribution in [0.2, 0.25) is 0 Å². The smallest absolute Gasteiger partial charge is 0.317 e. The molecule has 0 aromatic heterocycles. The number of likely N-dealkylation sites (tertiary alicyclic amines) is 2. The average molecular weight is 347 g/mol. The van der Waals surface area contributed by atoms with E-state index in [1.54, 1.807) is 23.1 Å². The summed E-state index contributed by atoms with van der Waals surface area (Å²) in [7, 11) is 0. The van der Waals surface area contributed by atoms with Crippen molar-refractivity contribution in [3.05, 3.63) is 35.6 Å². The second kappa shape index (κ2) is 7.85. The van der Waals surface area contributed by atoms with Crippen LogP contribution in [0.5, 0.6) is 0 Å². The number of hydrogen-bond donors (Lipinski definition) is 1. The molecule has 2 fully saturated rings. The van der Waals surface area contributed by atoms with Gasteiger partial charge in [0.05, 0.1) is 0 Å². The maximum atomic E-state index is 13.7. The Labute approximate surface area is 148 Å². The molecule has 3 rings (SSSR count). The lowest BCUT2D eigenvalue weighted by atomic mass is 10.0. The van der Waals surface area contributed by atoms with Gasteiger partial charge in [0.15, 0.2) is 0 Å². The molecule has 2 atom stereocenters. The Morgan fingerprint density at radius 3 is 2.84 bits per heavy atom. The lowest BCUT2D eigenvalue weighted by molar-refractivity contribution is -0.130. The number of urea groups is 1. The Kier molecular flexibility index (Phi) is 5.56. The molecule has 2 unspecified atom stereocenters. The standard InChI is InChI=1S/C19H26FN3O2/c1-14(12-15-6-2-3-8-17(15)20)21-19(25)22-10-4-7-16(13-22)23-11-5-9-18(23)24/h2-3,6,8,14,16H,4-5,7,9-13H2,1H3,(H,21,25). The van der Waals surface area contributed by atoms with Crippen LogP contribution in [-0.2, 0) is 11.2 Å². The van der Waals surface area contributed by atoms with Crippen LogP contribution in [-0.4, -0.2) is 53.5 Å². The summed E-state index contributed by atoms with van der Waals surface area (Å²) in [6.07, 6.45) is 3.87. The molecule has 0 bridgehead atoms. The van der Waals surface area contributed by atoms with Crippen LogP contribution in [0.1, 0.15) is 38.2 Å². The number of rotatable bonds is 4. The Bertz CT molecular complexity index is 637. The highest BCUT2D eigenvalue weighted by molar-refractivity contribution is 5.79. The van der Waals surface area contributed by atoms with Gasteiger partial charge in [-0.05, 0) is 44.2 Å². The number of piperidine rings is 1. The van der Waals surface area contributed by atoms with E-state index < -0.39 is 0 Å². The van der Waals surface area contributed by atoms with Gasteiger partial charge in [0.25, 0.3) is 0 Å². The van der Waals surface area contributed by atoms with Gasteiger partial charge < -0.3 is 15.1 Å². The molecular formula is C19H26FN3O2. The van der Waals surface area contributed by atoms with Crippen LogP contribution in [0.25, 0.3) is 0 Å². The average Bonchev–Trinajstić information content (AvgIpc) is 3.03. The molecule has 5 nitrogen and oxygen atoms in total. The molecular weight excluding hydrogens is 321 g/mol. The number of halogens is 1. The number of hydrogen-bond acceptors (Lipinski definition) is 2. The molecule has 2 aliphatic heterocycles. The fourth-order valence-electron chi connectivity index (χ4n) is 3.80. The summed E-state index contributed by atoms with van der Waals surface area (Å²) >= 11 is 0. The van der Waals surface area contributed by atoms with Crippen molar-refractivity contribution >= 4 is 11.9 Å². The number of carbonyl (C=O) groups is 2. The summed E-state index contributed by atoms with van der Waals surface area (Å²) in [6, 6.07) is 6.50. The van der Waals surface area contributed by atoms with E-state index in [1.165, 1.54) is 6.07 Å². The van der Waals surface area contributed by atoms with Crippen molar-refractivity contribution in [3.8, 4) is 0 Å². The Hall–Kier alpha value is -2.11. The number of amides is 3. The minimum atomic E-state index is -0.241. The van der Waals surface area contributed by atoms with E-state index >= 15 is 0 Å². The fourth-order valence-corrected chi connectivity index (χ4v) is 3.80. The van der Waals surface area contributed by atoms with Crippen molar-refractivity contribution in [2.75, 3.05) is 19.6 Å². The normalized spacial score (nSPS) is 22.2. The zero-order valence-corrected chi connectivity index (χ0v) is 14.7. The first-order chi connectivity index (χ1) is 12.0. The summed E-state index contributed by atoms with van der Waals surface area (Å²) in [6.45, 7) is 3.99. The molecule has 2 aliphatic rings. The van der Waals surface area contributed by atoms with Gasteiger partial charge in [-0.1, -0.05) is 18.2 Å². The second-order valence-corrected chi connectivity index (χ2v) is 7.08. The number of nitrogens with one attached hydrogen (secondary N) is 1. The van der Waals surface area contributed by atoms with Gasteiger partial charge >= 0.3 is 6.03 Å². The maximum Gasteiger partial charge on any atom is 0.317 e. The van der Waals surface area contributed by atoms with Gasteiger partial charge in [-0.3, -0.25) is 4.79 Å². The van der Waals surface area contributed by atoms with E-state index in [9.17, 15) is 14.0 Å². The molecule has 1 aromatic rings. The van der Waals surface area contributed by atoms with Gasteiger partial charge in [-0.2, -0.15) is 0 Å². The van der Waals surface area contributed by atoms with E-state index in [1.807, 2.05) is 11.8 Å². The molecule has 3 amide bonds. The van der Waals surface area contributed by atoms with Gasteiger partial charge in [-0.25, -0.2) is 9.18 Å². The highest BCUT2D eigenvalue weighted by Gasteiger charge is 2.33. The molecule has 136 valence electrons. The lowest BCUT2D eigenvalue weighted by Crippen LogP contribution is -2.54. The van der Waals surface area contributed by atoms with E-state index in [2.05, 4.69) is 5.32 Å². The first-order valence-corrected chi connectivity index (χ1v) is 9.13. The van der Waals surface area contributed by atoms with Gasteiger partial charge in [0, 0.05) is 38.1 Å². The quantitative estimate of drug-likeness (QED) is 0.910. The van der Waals surface area contributed by atoms with Crippen molar-refractivity contribution in [2.24, 2.45) is 0 Å². The minimum Gasteiger partial charge on any atom is -0.338 e. The summed E-state index contributed by atoms with van der Waals surface area (Å²) in [5.74, 6) is -0.0330. The van der Waals surface area contributed by atoms with Crippen molar-refractivity contribution in [3.63, 3.8) is 0 Å². The lowest BCUT2D eigenvalue weighted by Gasteiger charge is -2.38. The van der Waals surface area contributed by atoms with Crippen LogP contribution in [0, 0.1) is 5.82 Å². The van der Waals surface area contributed by atoms with Crippen LogP contribution in [0.3, 0.4) is 0 Å². The second-order valence-electron chi connectivity index (χ2n) is 7.08. The van der Waals surface area contributed by atoms with Crippen molar-refractivity contribution in [1.82, 2.24) is 15.1 Å². The largest absolute Gasteiger partial charge is 0.338 e. The molecule has 1 N–H and O–H groups in total. The first kappa shape index (κ1) is 17.7. The first-order valence-electron chi connectivity index (χ1n) is 9.13. The van der Waals surface area contributed by atoms with E-state index in [0.717, 1.165) is 25.8 Å². The third-order valence-corrected chi connectivity index (χ3v) is 5.09. The predicted molar refractivity (Wildman–Crippen MR) is 93.6 cm³/mol. The highest BCUT2D eigenvalue weighted by atomic mass is 19.1. The fraction of sp³-hybridized carbons (Fsp3) is 0.579. The molecule has 1 aromatic carbocycles. The van der Waals surface area contributed by atoms with Crippen LogP contribution in [0.4, 0.5) is 9.18 Å². The van der Waals surface area contributed by atoms with Crippen molar-refractivity contribution in [2.45, 2.75) is 51.1 Å². The topological polar surface area (TPSA) is 52.7 Å². The monoisotopic (exact) mass is 347 g/mol. The van der Waals surface area contributed by atoms with Crippen LogP contribution >= 0.6 is 0 Å². The van der Waals surface area contributed by atoms with Crippen molar-refractivity contribution < 1.29 is 14.0 Å². The summed E-state index contributed by atoms with van der Waals surface area (Å²) in [4.78, 5) is 28.2. The van der Waals surface area contributed by atoms with E-state index in [4.69, 9.17) is 0 Å². The number of nitrogens with zero attached hydrogens (tertiary/aromatic N) is 2. The summed E-state index contributed by atoms with van der Waals surface area (Å²) in [5.41, 5.74) is 0.606. The summed E-state index contributed by atoms with van der Waals surface area (Å²) in [5, 5.41) is 2.96. The Morgan fingerprint density at radius 2 is 2.12 bits per heavy atom. The molecule has 6 heteroatoms. The number of benzene rings is 1. The molecule has 0 saturated carbocycles. The van der Waals surface area contributed by atoms with Gasteiger partial charge in [0.2, 0.25) is 5.91 Å². The SMILES string of the molecule is CC(Cc1ccccc1F)NC(=O)N1CCCC(N2CCCC2=O)C1. The predicted octanol–water partition coefficient (Wildman–Crippen LogP) is 2.55. The molecule has 0 spiro atoms. The molecule has 0 aliphatic carbocycles. The van der Waals surface area contributed by atoms with Crippen LogP contribution < -0.4 is 5.32 Å². The van der Waals surface area contributed by atoms with Gasteiger partial charge in [-0.15, -0.1) is 0 Å². The van der Waals surface area contributed by atoms with Crippen LogP contribution in [0.15, 0.2) is 24.3 Å². The molecule has 0 radical (unpaired) electrons. The highest BCUT2D eigenvalue weighted by Crippen LogP contribution is 2.21. The number of carbonyl (C=O) groups excluding carboxylic acids is 2.